The van der Waals surface area contributed by atoms with Crippen LogP contribution in [0.5, 0.6) is 0 Å². The molecule has 29 heavy (non-hydrogen) atoms. The summed E-state index contributed by atoms with van der Waals surface area (Å²) in [5, 5.41) is 10.1. The van der Waals surface area contributed by atoms with Crippen molar-refractivity contribution in [1.29, 1.82) is 0 Å². The Morgan fingerprint density at radius 2 is 1.66 bits per heavy atom. The van der Waals surface area contributed by atoms with Gasteiger partial charge in [0.2, 0.25) is 5.76 Å². The number of benzene rings is 2. The summed E-state index contributed by atoms with van der Waals surface area (Å²) < 4.78 is 11.5. The minimum absolute atomic E-state index is 0.106. The topological polar surface area (TPSA) is 55.8 Å². The monoisotopic (exact) mass is 396 g/mol. The molecule has 0 aliphatic carbocycles. The molecule has 0 saturated heterocycles. The Hall–Kier alpha value is -2.59. The lowest BCUT2D eigenvalue weighted by atomic mass is 9.92. The molecule has 0 fully saturated rings. The highest BCUT2D eigenvalue weighted by Gasteiger charge is 2.26. The lowest BCUT2D eigenvalue weighted by Crippen LogP contribution is -2.32. The normalized spacial score (nSPS) is 14.7. The largest absolute Gasteiger partial charge is 0.482 e. The number of hydrogen-bond acceptors (Lipinski definition) is 4. The second-order valence-electron chi connectivity index (χ2n) is 7.35. The quantitative estimate of drug-likeness (QED) is 0.315. The van der Waals surface area contributed by atoms with Gasteiger partial charge in [-0.25, -0.2) is 4.79 Å². The summed E-state index contributed by atoms with van der Waals surface area (Å²) in [5.74, 6) is -0.461. The maximum Gasteiger partial charge on any atom is 0.373 e. The smallest absolute Gasteiger partial charge is 0.373 e. The second-order valence-corrected chi connectivity index (χ2v) is 7.35. The first-order chi connectivity index (χ1) is 14.0. The fourth-order valence-corrected chi connectivity index (χ4v) is 3.22. The molecule has 0 bridgehead atoms. The maximum absolute atomic E-state index is 12.9. The minimum Gasteiger partial charge on any atom is -0.482 e. The van der Waals surface area contributed by atoms with E-state index >= 15 is 0 Å². The predicted molar refractivity (Wildman–Crippen MR) is 116 cm³/mol. The summed E-state index contributed by atoms with van der Waals surface area (Å²) in [7, 11) is 0. The van der Waals surface area contributed by atoms with E-state index in [0.717, 1.165) is 30.4 Å². The summed E-state index contributed by atoms with van der Waals surface area (Å²) in [6.45, 7) is 5.96. The summed E-state index contributed by atoms with van der Waals surface area (Å²) in [6.07, 6.45) is 3.56. The third-order valence-corrected chi connectivity index (χ3v) is 4.94. The highest BCUT2D eigenvalue weighted by Crippen LogP contribution is 2.22. The van der Waals surface area contributed by atoms with Crippen molar-refractivity contribution in [3.63, 3.8) is 0 Å². The first kappa shape index (κ1) is 22.7. The SMILES string of the molecule is CCCCC([C@H](C)O)[C@@H](C)OC(=O)C(=Cc1ccccc1)OCc1ccccc1. The molecule has 1 N–H and O–H groups in total. The van der Waals surface area contributed by atoms with Crippen LogP contribution in [0.15, 0.2) is 66.4 Å². The van der Waals surface area contributed by atoms with Gasteiger partial charge in [-0.15, -0.1) is 0 Å². The van der Waals surface area contributed by atoms with Gasteiger partial charge in [-0.05, 0) is 37.5 Å². The number of aliphatic hydroxyl groups excluding tert-OH is 1. The van der Waals surface area contributed by atoms with Crippen molar-refractivity contribution < 1.29 is 19.4 Å². The number of aliphatic hydroxyl groups is 1. The van der Waals surface area contributed by atoms with Crippen molar-refractivity contribution in [1.82, 2.24) is 0 Å². The molecule has 2 aromatic rings. The van der Waals surface area contributed by atoms with Crippen LogP contribution in [0.3, 0.4) is 0 Å². The van der Waals surface area contributed by atoms with Gasteiger partial charge >= 0.3 is 5.97 Å². The molecule has 0 spiro atoms. The number of unbranched alkanes of at least 4 members (excludes halogenated alkanes) is 1. The van der Waals surface area contributed by atoms with Crippen LogP contribution in [0.25, 0.3) is 6.08 Å². The standard InChI is InChI=1S/C25H32O4/c1-4-5-16-23(19(2)26)20(3)29-25(27)24(17-21-12-8-6-9-13-21)28-18-22-14-10-7-11-15-22/h6-15,17,19-20,23,26H,4-5,16,18H2,1-3H3/t19-,20+,23?/m0/s1. The van der Waals surface area contributed by atoms with Gasteiger partial charge in [0.1, 0.15) is 12.7 Å². The zero-order chi connectivity index (χ0) is 21.1. The predicted octanol–water partition coefficient (Wildman–Crippen LogP) is 5.36. The molecule has 0 aromatic heterocycles. The average Bonchev–Trinajstić information content (AvgIpc) is 2.72. The molecular weight excluding hydrogens is 364 g/mol. The summed E-state index contributed by atoms with van der Waals surface area (Å²) in [5.41, 5.74) is 1.83. The molecule has 0 aliphatic rings. The van der Waals surface area contributed by atoms with E-state index in [1.165, 1.54) is 0 Å². The molecule has 2 rings (SSSR count). The highest BCUT2D eigenvalue weighted by molar-refractivity contribution is 5.91. The molecule has 0 saturated carbocycles. The molecular formula is C25H32O4. The molecule has 156 valence electrons. The van der Waals surface area contributed by atoms with Crippen molar-refractivity contribution in [3.05, 3.63) is 77.5 Å². The van der Waals surface area contributed by atoms with Crippen LogP contribution in [0.1, 0.15) is 51.2 Å². The van der Waals surface area contributed by atoms with Crippen LogP contribution < -0.4 is 0 Å². The van der Waals surface area contributed by atoms with Gasteiger partial charge in [0.15, 0.2) is 0 Å². The molecule has 3 atom stereocenters. The number of hydrogen-bond donors (Lipinski definition) is 1. The van der Waals surface area contributed by atoms with Crippen molar-refractivity contribution in [2.24, 2.45) is 5.92 Å². The number of ether oxygens (including phenoxy) is 2. The first-order valence-electron chi connectivity index (χ1n) is 10.3. The van der Waals surface area contributed by atoms with Crippen LogP contribution in [0.4, 0.5) is 0 Å². The Labute approximate surface area is 174 Å². The van der Waals surface area contributed by atoms with E-state index in [9.17, 15) is 9.90 Å². The second kappa shape index (κ2) is 12.1. The van der Waals surface area contributed by atoms with Crippen molar-refractivity contribution in [3.8, 4) is 0 Å². The lowest BCUT2D eigenvalue weighted by molar-refractivity contribution is -0.152. The Morgan fingerprint density at radius 3 is 2.24 bits per heavy atom. The van der Waals surface area contributed by atoms with Crippen molar-refractivity contribution in [2.45, 2.75) is 58.8 Å². The Bertz CT molecular complexity index is 753. The molecule has 0 amide bonds. The van der Waals surface area contributed by atoms with E-state index in [1.807, 2.05) is 67.6 Å². The fraction of sp³-hybridized carbons (Fsp3) is 0.400. The van der Waals surface area contributed by atoms with Gasteiger partial charge in [-0.1, -0.05) is 80.4 Å². The number of carbonyl (C=O) groups is 1. The van der Waals surface area contributed by atoms with Crippen LogP contribution in [0.2, 0.25) is 0 Å². The van der Waals surface area contributed by atoms with Crippen LogP contribution in [-0.4, -0.2) is 23.3 Å². The van der Waals surface area contributed by atoms with Crippen molar-refractivity contribution >= 4 is 12.0 Å². The van der Waals surface area contributed by atoms with E-state index in [4.69, 9.17) is 9.47 Å². The third-order valence-electron chi connectivity index (χ3n) is 4.94. The van der Waals surface area contributed by atoms with Crippen LogP contribution in [0, 0.1) is 5.92 Å². The van der Waals surface area contributed by atoms with Gasteiger partial charge in [0, 0.05) is 5.92 Å². The van der Waals surface area contributed by atoms with Gasteiger partial charge < -0.3 is 14.6 Å². The lowest BCUT2D eigenvalue weighted by Gasteiger charge is -2.26. The molecule has 0 heterocycles. The van der Waals surface area contributed by atoms with Crippen molar-refractivity contribution in [2.75, 3.05) is 0 Å². The van der Waals surface area contributed by atoms with Gasteiger partial charge in [0.25, 0.3) is 0 Å². The van der Waals surface area contributed by atoms with E-state index in [0.29, 0.717) is 0 Å². The highest BCUT2D eigenvalue weighted by atomic mass is 16.6. The number of rotatable bonds is 11. The summed E-state index contributed by atoms with van der Waals surface area (Å²) >= 11 is 0. The van der Waals surface area contributed by atoms with E-state index in [2.05, 4.69) is 6.92 Å². The molecule has 1 unspecified atom stereocenters. The van der Waals surface area contributed by atoms with E-state index in [1.54, 1.807) is 13.0 Å². The third kappa shape index (κ3) is 7.74. The Morgan fingerprint density at radius 1 is 1.03 bits per heavy atom. The number of esters is 1. The van der Waals surface area contributed by atoms with E-state index in [-0.39, 0.29) is 18.3 Å². The first-order valence-corrected chi connectivity index (χ1v) is 10.3. The average molecular weight is 397 g/mol. The Kier molecular flexibility index (Phi) is 9.45. The van der Waals surface area contributed by atoms with Gasteiger partial charge in [-0.2, -0.15) is 0 Å². The fourth-order valence-electron chi connectivity index (χ4n) is 3.22. The molecule has 0 radical (unpaired) electrons. The number of carbonyl (C=O) groups excluding carboxylic acids is 1. The summed E-state index contributed by atoms with van der Waals surface area (Å²) in [6, 6.07) is 19.2. The molecule has 2 aromatic carbocycles. The molecule has 4 nitrogen and oxygen atoms in total. The molecule has 4 heteroatoms. The van der Waals surface area contributed by atoms with Gasteiger partial charge in [0.05, 0.1) is 6.10 Å². The zero-order valence-corrected chi connectivity index (χ0v) is 17.6. The maximum atomic E-state index is 12.9. The van der Waals surface area contributed by atoms with Crippen LogP contribution in [-0.2, 0) is 20.9 Å². The van der Waals surface area contributed by atoms with E-state index < -0.39 is 18.2 Å². The summed E-state index contributed by atoms with van der Waals surface area (Å²) in [4.78, 5) is 12.9. The Balaban J connectivity index is 2.13. The minimum atomic E-state index is -0.545. The zero-order valence-electron chi connectivity index (χ0n) is 17.6. The molecule has 0 aliphatic heterocycles. The van der Waals surface area contributed by atoms with Crippen LogP contribution >= 0.6 is 0 Å². The van der Waals surface area contributed by atoms with Gasteiger partial charge in [-0.3, -0.25) is 0 Å².